The van der Waals surface area contributed by atoms with Gasteiger partial charge in [-0.2, -0.15) is 9.78 Å². The normalized spacial score (nSPS) is 10.5. The molecule has 100 valence electrons. The Morgan fingerprint density at radius 1 is 1.53 bits per heavy atom. The Kier molecular flexibility index (Phi) is 3.71. The van der Waals surface area contributed by atoms with E-state index in [1.807, 2.05) is 0 Å². The Hall–Kier alpha value is -2.08. The number of rotatable bonds is 3. The summed E-state index contributed by atoms with van der Waals surface area (Å²) < 4.78 is 18.6. The minimum absolute atomic E-state index is 0.0735. The smallest absolute Gasteiger partial charge is 0.311 e. The molecule has 0 unspecified atom stereocenters. The van der Waals surface area contributed by atoms with Crippen LogP contribution in [-0.2, 0) is 16.0 Å². The first kappa shape index (κ1) is 13.4. The zero-order chi connectivity index (χ0) is 14.0. The molecule has 0 aliphatic heterocycles. The first-order valence-electron chi connectivity index (χ1n) is 5.31. The number of aromatic nitrogens is 2. The third kappa shape index (κ3) is 2.85. The van der Waals surface area contributed by atoms with Crippen molar-refractivity contribution in [3.05, 3.63) is 40.8 Å². The maximum atomic E-state index is 12.9. The summed E-state index contributed by atoms with van der Waals surface area (Å²) in [7, 11) is 1.26. The molecule has 2 aromatic rings. The fourth-order valence-electron chi connectivity index (χ4n) is 1.56. The maximum absolute atomic E-state index is 12.9. The molecule has 0 fully saturated rings. The van der Waals surface area contributed by atoms with Gasteiger partial charge in [0.15, 0.2) is 0 Å². The molecule has 1 aromatic carbocycles. The molecule has 0 saturated carbocycles. The van der Waals surface area contributed by atoms with Gasteiger partial charge in [0.1, 0.15) is 5.82 Å². The minimum atomic E-state index is -0.491. The van der Waals surface area contributed by atoms with Crippen LogP contribution >= 0.6 is 11.6 Å². The first-order chi connectivity index (χ1) is 9.01. The van der Waals surface area contributed by atoms with Gasteiger partial charge in [0.25, 0.3) is 0 Å². The van der Waals surface area contributed by atoms with Crippen LogP contribution in [0.15, 0.2) is 24.3 Å². The predicted molar refractivity (Wildman–Crippen MR) is 65.9 cm³/mol. The molecular formula is C12H10ClFN2O3. The lowest BCUT2D eigenvalue weighted by Gasteiger charge is -2.05. The van der Waals surface area contributed by atoms with Gasteiger partial charge in [-0.25, -0.2) is 4.39 Å². The van der Waals surface area contributed by atoms with E-state index in [9.17, 15) is 14.3 Å². The molecule has 0 spiro atoms. The van der Waals surface area contributed by atoms with Crippen molar-refractivity contribution in [2.24, 2.45) is 0 Å². The van der Waals surface area contributed by atoms with Crippen molar-refractivity contribution in [3.63, 3.8) is 0 Å². The Morgan fingerprint density at radius 2 is 2.26 bits per heavy atom. The van der Waals surface area contributed by atoms with Crippen LogP contribution in [0.4, 0.5) is 4.39 Å². The number of aromatic hydroxyl groups is 1. The van der Waals surface area contributed by atoms with E-state index in [0.717, 1.165) is 10.7 Å². The van der Waals surface area contributed by atoms with Crippen LogP contribution in [0.1, 0.15) is 5.69 Å². The number of nitrogens with zero attached hydrogens (tertiary/aromatic N) is 2. The minimum Gasteiger partial charge on any atom is -0.493 e. The van der Waals surface area contributed by atoms with E-state index in [-0.39, 0.29) is 17.3 Å². The second kappa shape index (κ2) is 5.27. The Labute approximate surface area is 113 Å². The molecule has 1 N–H and O–H groups in total. The third-order valence-corrected chi connectivity index (χ3v) is 2.73. The number of benzene rings is 1. The number of hydrogen-bond donors (Lipinski definition) is 1. The summed E-state index contributed by atoms with van der Waals surface area (Å²) in [4.78, 5) is 11.1. The lowest BCUT2D eigenvalue weighted by Crippen LogP contribution is -2.06. The average molecular weight is 285 g/mol. The molecule has 1 aromatic heterocycles. The molecule has 7 heteroatoms. The molecule has 2 rings (SSSR count). The fourth-order valence-corrected chi connectivity index (χ4v) is 1.80. The first-order valence-corrected chi connectivity index (χ1v) is 5.69. The highest BCUT2D eigenvalue weighted by Crippen LogP contribution is 2.25. The number of esters is 1. The van der Waals surface area contributed by atoms with Crippen LogP contribution < -0.4 is 0 Å². The highest BCUT2D eigenvalue weighted by molar-refractivity contribution is 6.32. The van der Waals surface area contributed by atoms with E-state index in [4.69, 9.17) is 11.6 Å². The van der Waals surface area contributed by atoms with Gasteiger partial charge in [0, 0.05) is 6.07 Å². The molecule has 0 bridgehead atoms. The summed E-state index contributed by atoms with van der Waals surface area (Å²) in [5, 5.41) is 13.9. The van der Waals surface area contributed by atoms with Crippen molar-refractivity contribution in [3.8, 4) is 11.6 Å². The van der Waals surface area contributed by atoms with Crippen LogP contribution in [0.5, 0.6) is 5.88 Å². The van der Waals surface area contributed by atoms with Crippen LogP contribution in [0, 0.1) is 5.82 Å². The highest BCUT2D eigenvalue weighted by atomic mass is 35.5. The molecule has 0 aliphatic rings. The van der Waals surface area contributed by atoms with E-state index in [0.29, 0.717) is 11.4 Å². The zero-order valence-electron chi connectivity index (χ0n) is 9.93. The lowest BCUT2D eigenvalue weighted by molar-refractivity contribution is -0.139. The molecule has 0 atom stereocenters. The van der Waals surface area contributed by atoms with Gasteiger partial charge in [-0.1, -0.05) is 11.6 Å². The summed E-state index contributed by atoms with van der Waals surface area (Å²) in [6.07, 6.45) is -0.0735. The van der Waals surface area contributed by atoms with Crippen molar-refractivity contribution in [1.82, 2.24) is 9.78 Å². The summed E-state index contributed by atoms with van der Waals surface area (Å²) in [5.74, 6) is -1.17. The number of ether oxygens (including phenoxy) is 1. The topological polar surface area (TPSA) is 64.3 Å². The number of hydrogen-bond acceptors (Lipinski definition) is 4. The van der Waals surface area contributed by atoms with E-state index >= 15 is 0 Å². The average Bonchev–Trinajstić information content (AvgIpc) is 2.70. The van der Waals surface area contributed by atoms with Crippen molar-refractivity contribution in [2.45, 2.75) is 6.42 Å². The Balaban J connectivity index is 2.37. The quantitative estimate of drug-likeness (QED) is 0.877. The summed E-state index contributed by atoms with van der Waals surface area (Å²) in [5.41, 5.74) is 0.640. The molecule has 0 radical (unpaired) electrons. The monoisotopic (exact) mass is 284 g/mol. The predicted octanol–water partition coefficient (Wildman–Crippen LogP) is 2.09. The van der Waals surface area contributed by atoms with E-state index < -0.39 is 11.8 Å². The molecule has 1 heterocycles. The number of halogens is 2. The van der Waals surface area contributed by atoms with Crippen molar-refractivity contribution < 1.29 is 19.0 Å². The van der Waals surface area contributed by atoms with Crippen molar-refractivity contribution in [2.75, 3.05) is 7.11 Å². The van der Waals surface area contributed by atoms with Gasteiger partial charge in [0.05, 0.1) is 29.9 Å². The zero-order valence-corrected chi connectivity index (χ0v) is 10.7. The SMILES string of the molecule is COC(=O)Cc1cc(O)n(-c2ccc(F)cc2Cl)n1. The largest absolute Gasteiger partial charge is 0.493 e. The summed E-state index contributed by atoms with van der Waals surface area (Å²) in [6.45, 7) is 0. The molecule has 0 saturated heterocycles. The van der Waals surface area contributed by atoms with Crippen LogP contribution in [-0.4, -0.2) is 28.0 Å². The van der Waals surface area contributed by atoms with Crippen molar-refractivity contribution in [1.29, 1.82) is 0 Å². The fraction of sp³-hybridized carbons (Fsp3) is 0.167. The van der Waals surface area contributed by atoms with E-state index in [1.165, 1.54) is 25.3 Å². The molecule has 5 nitrogen and oxygen atoms in total. The van der Waals surface area contributed by atoms with Gasteiger partial charge < -0.3 is 9.84 Å². The molecule has 0 aliphatic carbocycles. The number of carbonyl (C=O) groups is 1. The third-order valence-electron chi connectivity index (χ3n) is 2.43. The van der Waals surface area contributed by atoms with Gasteiger partial charge in [0.2, 0.25) is 5.88 Å². The van der Waals surface area contributed by atoms with E-state index in [1.54, 1.807) is 0 Å². The van der Waals surface area contributed by atoms with Gasteiger partial charge in [-0.05, 0) is 18.2 Å². The number of methoxy groups -OCH3 is 1. The summed E-state index contributed by atoms with van der Waals surface area (Å²) in [6, 6.07) is 5.00. The van der Waals surface area contributed by atoms with Gasteiger partial charge in [-0.15, -0.1) is 0 Å². The van der Waals surface area contributed by atoms with Gasteiger partial charge in [-0.3, -0.25) is 4.79 Å². The van der Waals surface area contributed by atoms with Crippen LogP contribution in [0.2, 0.25) is 5.02 Å². The highest BCUT2D eigenvalue weighted by Gasteiger charge is 2.14. The van der Waals surface area contributed by atoms with Crippen molar-refractivity contribution >= 4 is 17.6 Å². The lowest BCUT2D eigenvalue weighted by atomic mass is 10.3. The van der Waals surface area contributed by atoms with Crippen LogP contribution in [0.3, 0.4) is 0 Å². The second-order valence-corrected chi connectivity index (χ2v) is 4.16. The molecule has 19 heavy (non-hydrogen) atoms. The summed E-state index contributed by atoms with van der Waals surface area (Å²) >= 11 is 5.87. The Bertz CT molecular complexity index is 627. The maximum Gasteiger partial charge on any atom is 0.311 e. The Morgan fingerprint density at radius 3 is 2.89 bits per heavy atom. The molecule has 0 amide bonds. The van der Waals surface area contributed by atoms with Crippen LogP contribution in [0.25, 0.3) is 5.69 Å². The van der Waals surface area contributed by atoms with E-state index in [2.05, 4.69) is 9.84 Å². The number of carbonyl (C=O) groups excluding carboxylic acids is 1. The van der Waals surface area contributed by atoms with Gasteiger partial charge >= 0.3 is 5.97 Å². The second-order valence-electron chi connectivity index (χ2n) is 3.75. The molecular weight excluding hydrogens is 275 g/mol. The standard InChI is InChI=1S/C12H10ClFN2O3/c1-19-12(18)6-8-5-11(17)16(15-8)10-3-2-7(14)4-9(10)13/h2-5,17H,6H2,1H3.